The van der Waals surface area contributed by atoms with E-state index in [-0.39, 0.29) is 0 Å². The van der Waals surface area contributed by atoms with Crippen LogP contribution in [0.15, 0.2) is 28.9 Å². The lowest BCUT2D eigenvalue weighted by atomic mass is 10.1. The summed E-state index contributed by atoms with van der Waals surface area (Å²) < 4.78 is 10.6. The van der Waals surface area contributed by atoms with Crippen molar-refractivity contribution in [1.29, 1.82) is 0 Å². The molecule has 0 radical (unpaired) electrons. The molecule has 5 heteroatoms. The Kier molecular flexibility index (Phi) is 2.97. The van der Waals surface area contributed by atoms with Crippen molar-refractivity contribution in [3.8, 4) is 5.75 Å². The Morgan fingerprint density at radius 3 is 3.16 bits per heavy atom. The van der Waals surface area contributed by atoms with E-state index in [1.807, 2.05) is 30.5 Å². The molecule has 0 bridgehead atoms. The third-order valence-electron chi connectivity index (χ3n) is 3.18. The van der Waals surface area contributed by atoms with Crippen molar-refractivity contribution in [3.63, 3.8) is 0 Å². The lowest BCUT2D eigenvalue weighted by molar-refractivity contribution is 0.392. The number of nitrogens with zero attached hydrogens (tertiary/aromatic N) is 2. The van der Waals surface area contributed by atoms with E-state index >= 15 is 0 Å². The van der Waals surface area contributed by atoms with Gasteiger partial charge in [0.15, 0.2) is 5.42 Å². The van der Waals surface area contributed by atoms with Crippen LogP contribution in [0.1, 0.15) is 5.56 Å². The molecule has 98 valence electrons. The fourth-order valence-electron chi connectivity index (χ4n) is 2.16. The number of aromatic nitrogens is 1. The first kappa shape index (κ1) is 11.8. The molecule has 0 atom stereocenters. The molecule has 1 aliphatic rings. The van der Waals surface area contributed by atoms with Gasteiger partial charge in [-0.15, -0.1) is 0 Å². The molecule has 2 heterocycles. The second kappa shape index (κ2) is 4.78. The van der Waals surface area contributed by atoms with Gasteiger partial charge in [-0.2, -0.15) is 0 Å². The average molecular weight is 257 g/mol. The number of benzene rings is 1. The summed E-state index contributed by atoms with van der Waals surface area (Å²) in [6.45, 7) is 1.23. The number of ether oxygens (including phenoxy) is 1. The molecule has 19 heavy (non-hydrogen) atoms. The molecule has 3 rings (SSSR count). The molecule has 2 N–H and O–H groups in total. The maximum absolute atomic E-state index is 5.65. The van der Waals surface area contributed by atoms with Gasteiger partial charge in [0.25, 0.3) is 0 Å². The largest absolute Gasteiger partial charge is 0.495 e. The third kappa shape index (κ3) is 2.08. The van der Waals surface area contributed by atoms with E-state index in [2.05, 4.69) is 10.1 Å². The number of fused-ring (bicyclic) bond motifs is 1. The quantitative estimate of drug-likeness (QED) is 0.850. The number of nitrogens with two attached hydrogens (primary N) is 1. The van der Waals surface area contributed by atoms with E-state index in [1.165, 1.54) is 0 Å². The molecule has 2 aromatic rings. The van der Waals surface area contributed by atoms with E-state index in [9.17, 15) is 0 Å². The zero-order chi connectivity index (χ0) is 13.2. The van der Waals surface area contributed by atoms with Crippen molar-refractivity contribution in [3.05, 3.63) is 40.6 Å². The van der Waals surface area contributed by atoms with Crippen molar-refractivity contribution in [2.45, 2.75) is 6.54 Å². The van der Waals surface area contributed by atoms with E-state index in [4.69, 9.17) is 15.0 Å². The van der Waals surface area contributed by atoms with Crippen LogP contribution in [-0.2, 0) is 6.54 Å². The molecule has 0 fully saturated rings. The van der Waals surface area contributed by atoms with Gasteiger partial charge < -0.3 is 19.9 Å². The van der Waals surface area contributed by atoms with E-state index < -0.39 is 0 Å². The molecule has 5 nitrogen and oxygen atoms in total. The van der Waals surface area contributed by atoms with Gasteiger partial charge in [0.05, 0.1) is 24.2 Å². The Morgan fingerprint density at radius 2 is 2.37 bits per heavy atom. The zero-order valence-corrected chi connectivity index (χ0v) is 10.7. The molecule has 0 amide bonds. The summed E-state index contributed by atoms with van der Waals surface area (Å²) in [5, 5.41) is 4.76. The normalized spacial score (nSPS) is 13.5. The number of rotatable bonds is 3. The summed E-state index contributed by atoms with van der Waals surface area (Å²) in [7, 11) is 1.66. The van der Waals surface area contributed by atoms with Crippen molar-refractivity contribution in [2.75, 3.05) is 18.6 Å². The number of methoxy groups -OCH3 is 1. The topological polar surface area (TPSA) is 64.5 Å². The van der Waals surface area contributed by atoms with Gasteiger partial charge in [-0.1, -0.05) is 11.2 Å². The Bertz CT molecular complexity index is 706. The van der Waals surface area contributed by atoms with Crippen LogP contribution in [0.4, 0.5) is 5.69 Å². The summed E-state index contributed by atoms with van der Waals surface area (Å²) >= 11 is 0. The fourth-order valence-corrected chi connectivity index (χ4v) is 2.16. The Hall–Kier alpha value is -2.27. The van der Waals surface area contributed by atoms with Crippen LogP contribution in [0.2, 0.25) is 0 Å². The average Bonchev–Trinajstić information content (AvgIpc) is 2.93. The molecule has 0 saturated heterocycles. The Labute approximate surface area is 110 Å². The van der Waals surface area contributed by atoms with Gasteiger partial charge in [-0.05, 0) is 23.8 Å². The second-order valence-corrected chi connectivity index (χ2v) is 4.34. The van der Waals surface area contributed by atoms with Gasteiger partial charge in [0.2, 0.25) is 0 Å². The predicted molar refractivity (Wildman–Crippen MR) is 72.9 cm³/mol. The van der Waals surface area contributed by atoms with Crippen LogP contribution in [0.3, 0.4) is 0 Å². The van der Waals surface area contributed by atoms with Gasteiger partial charge in [-0.25, -0.2) is 0 Å². The van der Waals surface area contributed by atoms with E-state index in [0.29, 0.717) is 6.54 Å². The van der Waals surface area contributed by atoms with Crippen LogP contribution < -0.4 is 26.0 Å². The van der Waals surface area contributed by atoms with Crippen molar-refractivity contribution >= 4 is 18.0 Å². The number of hydrogen-bond acceptors (Lipinski definition) is 5. The first-order valence-corrected chi connectivity index (χ1v) is 6.08. The minimum absolute atomic E-state index is 0.502. The molecule has 1 aliphatic heterocycles. The first-order chi connectivity index (χ1) is 9.31. The highest BCUT2D eigenvalue weighted by Gasteiger charge is 2.12. The summed E-state index contributed by atoms with van der Waals surface area (Å²) in [5.41, 5.74) is 8.51. The summed E-state index contributed by atoms with van der Waals surface area (Å²) in [5.74, 6) is 0.813. The SMILES string of the molecule is COc1cc(CN)ccc1N1C=c2cnoc2=CC1. The van der Waals surface area contributed by atoms with Gasteiger partial charge >= 0.3 is 0 Å². The molecule has 1 aromatic heterocycles. The molecular formula is C14H15N3O2. The third-order valence-corrected chi connectivity index (χ3v) is 3.18. The fraction of sp³-hybridized carbons (Fsp3) is 0.214. The maximum Gasteiger partial charge on any atom is 0.166 e. The summed E-state index contributed by atoms with van der Waals surface area (Å²) in [6.07, 6.45) is 5.71. The van der Waals surface area contributed by atoms with Crippen molar-refractivity contribution in [2.24, 2.45) is 5.73 Å². The molecule has 0 unspecified atom stereocenters. The van der Waals surface area contributed by atoms with Crippen LogP contribution in [0.5, 0.6) is 5.75 Å². The van der Waals surface area contributed by atoms with E-state index in [0.717, 1.165) is 34.2 Å². The summed E-state index contributed by atoms with van der Waals surface area (Å²) in [6, 6.07) is 5.99. The van der Waals surface area contributed by atoms with Crippen molar-refractivity contribution in [1.82, 2.24) is 5.16 Å². The molecule has 0 spiro atoms. The molecule has 1 aromatic carbocycles. The van der Waals surface area contributed by atoms with Crippen LogP contribution in [-0.4, -0.2) is 18.8 Å². The van der Waals surface area contributed by atoms with Gasteiger partial charge in [0, 0.05) is 19.3 Å². The molecular weight excluding hydrogens is 242 g/mol. The highest BCUT2D eigenvalue weighted by atomic mass is 16.5. The minimum Gasteiger partial charge on any atom is -0.495 e. The zero-order valence-electron chi connectivity index (χ0n) is 10.7. The lowest BCUT2D eigenvalue weighted by Crippen LogP contribution is -2.33. The standard InChI is InChI=1S/C14H15N3O2/c1-18-14-6-10(7-15)2-3-12(14)17-5-4-13-11(9-17)8-16-19-13/h2-4,6,8-9H,5,7,15H2,1H3. The Morgan fingerprint density at radius 1 is 1.47 bits per heavy atom. The number of anilines is 1. The second-order valence-electron chi connectivity index (χ2n) is 4.34. The van der Waals surface area contributed by atoms with Crippen LogP contribution >= 0.6 is 0 Å². The van der Waals surface area contributed by atoms with Gasteiger partial charge in [-0.3, -0.25) is 0 Å². The molecule has 0 aliphatic carbocycles. The predicted octanol–water partition coefficient (Wildman–Crippen LogP) is 0.181. The van der Waals surface area contributed by atoms with Crippen LogP contribution in [0, 0.1) is 0 Å². The maximum atomic E-state index is 5.65. The lowest BCUT2D eigenvalue weighted by Gasteiger charge is -2.22. The van der Waals surface area contributed by atoms with Crippen molar-refractivity contribution < 1.29 is 9.26 Å². The smallest absolute Gasteiger partial charge is 0.166 e. The highest BCUT2D eigenvalue weighted by Crippen LogP contribution is 2.29. The Balaban J connectivity index is 2.04. The van der Waals surface area contributed by atoms with Crippen LogP contribution in [0.25, 0.3) is 12.3 Å². The first-order valence-electron chi connectivity index (χ1n) is 6.08. The monoisotopic (exact) mass is 257 g/mol. The molecule has 0 saturated carbocycles. The minimum atomic E-state index is 0.502. The summed E-state index contributed by atoms with van der Waals surface area (Å²) in [4.78, 5) is 2.10. The number of hydrogen-bond donors (Lipinski definition) is 1. The van der Waals surface area contributed by atoms with E-state index in [1.54, 1.807) is 13.3 Å². The van der Waals surface area contributed by atoms with Gasteiger partial charge in [0.1, 0.15) is 5.75 Å². The highest BCUT2D eigenvalue weighted by molar-refractivity contribution is 5.69.